The van der Waals surface area contributed by atoms with E-state index in [9.17, 15) is 8.42 Å². The van der Waals surface area contributed by atoms with E-state index in [1.807, 2.05) is 50.2 Å². The molecule has 3 rings (SSSR count). The van der Waals surface area contributed by atoms with E-state index < -0.39 is 10.0 Å². The molecule has 0 fully saturated rings. The summed E-state index contributed by atoms with van der Waals surface area (Å²) in [7, 11) is -2.13. The molecule has 1 unspecified atom stereocenters. The lowest BCUT2D eigenvalue weighted by Crippen LogP contribution is -2.37. The molecule has 31 heavy (non-hydrogen) atoms. The second-order valence-corrected chi connectivity index (χ2v) is 9.66. The Kier molecular flexibility index (Phi) is 7.12. The van der Waals surface area contributed by atoms with Gasteiger partial charge >= 0.3 is 0 Å². The molecule has 0 bridgehead atoms. The first kappa shape index (κ1) is 23.0. The van der Waals surface area contributed by atoms with E-state index in [-0.39, 0.29) is 23.4 Å². The number of aromatic nitrogens is 2. The molecule has 0 aliphatic heterocycles. The number of nitrogens with zero attached hydrogens (tertiary/aromatic N) is 3. The highest BCUT2D eigenvalue weighted by Gasteiger charge is 2.30. The Bertz CT molecular complexity index is 1090. The highest BCUT2D eigenvalue weighted by Crippen LogP contribution is 2.25. The molecule has 8 heteroatoms. The Morgan fingerprint density at radius 3 is 2.23 bits per heavy atom. The second-order valence-electron chi connectivity index (χ2n) is 7.77. The Morgan fingerprint density at radius 2 is 1.68 bits per heavy atom. The minimum atomic E-state index is -3.73. The van der Waals surface area contributed by atoms with E-state index in [0.717, 1.165) is 16.9 Å². The van der Waals surface area contributed by atoms with Crippen LogP contribution in [0.25, 0.3) is 11.4 Å². The molecular formula is C23H29N3O4S. The summed E-state index contributed by atoms with van der Waals surface area (Å²) in [5.74, 6) is 1.70. The zero-order valence-corrected chi connectivity index (χ0v) is 19.4. The highest BCUT2D eigenvalue weighted by molar-refractivity contribution is 7.89. The molecule has 0 aliphatic carbocycles. The Labute approximate surface area is 184 Å². The quantitative estimate of drug-likeness (QED) is 0.470. The van der Waals surface area contributed by atoms with Crippen molar-refractivity contribution in [2.75, 3.05) is 7.11 Å². The van der Waals surface area contributed by atoms with E-state index >= 15 is 0 Å². The molecule has 2 aromatic carbocycles. The fourth-order valence-corrected chi connectivity index (χ4v) is 4.81. The van der Waals surface area contributed by atoms with Crippen molar-refractivity contribution in [3.05, 3.63) is 60.0 Å². The normalized spacial score (nSPS) is 13.0. The predicted octanol–water partition coefficient (Wildman–Crippen LogP) is 4.86. The van der Waals surface area contributed by atoms with Crippen LogP contribution in [0.2, 0.25) is 0 Å². The zero-order chi connectivity index (χ0) is 22.6. The van der Waals surface area contributed by atoms with Gasteiger partial charge in [-0.05, 0) is 61.2 Å². The monoisotopic (exact) mass is 443 g/mol. The average molecular weight is 444 g/mol. The summed E-state index contributed by atoms with van der Waals surface area (Å²) in [5, 5.41) is 4.02. The van der Waals surface area contributed by atoms with Crippen LogP contribution in [0.5, 0.6) is 5.75 Å². The van der Waals surface area contributed by atoms with Crippen molar-refractivity contribution in [3.63, 3.8) is 0 Å². The summed E-state index contributed by atoms with van der Waals surface area (Å²) in [6.07, 6.45) is 0.656. The van der Waals surface area contributed by atoms with Crippen LogP contribution < -0.4 is 4.74 Å². The van der Waals surface area contributed by atoms with Gasteiger partial charge in [-0.3, -0.25) is 0 Å². The molecule has 0 radical (unpaired) electrons. The van der Waals surface area contributed by atoms with Crippen molar-refractivity contribution in [1.29, 1.82) is 0 Å². The fourth-order valence-electron chi connectivity index (χ4n) is 3.15. The first-order valence-electron chi connectivity index (χ1n) is 10.3. The minimum Gasteiger partial charge on any atom is -0.497 e. The van der Waals surface area contributed by atoms with Crippen LogP contribution in [0.3, 0.4) is 0 Å². The van der Waals surface area contributed by atoms with Crippen LogP contribution in [0.1, 0.15) is 51.5 Å². The van der Waals surface area contributed by atoms with Crippen LogP contribution in [0.15, 0.2) is 57.9 Å². The van der Waals surface area contributed by atoms with Crippen molar-refractivity contribution in [2.45, 2.75) is 57.5 Å². The molecule has 7 nitrogen and oxygen atoms in total. The second kappa shape index (κ2) is 9.62. The third kappa shape index (κ3) is 5.14. The van der Waals surface area contributed by atoms with Gasteiger partial charge in [0.15, 0.2) is 0 Å². The van der Waals surface area contributed by atoms with E-state index in [0.29, 0.717) is 18.2 Å². The minimum absolute atomic E-state index is 0.00638. The lowest BCUT2D eigenvalue weighted by atomic mass is 10.0. The molecule has 3 aromatic rings. The Balaban J connectivity index is 1.87. The molecule has 0 saturated heterocycles. The third-order valence-corrected chi connectivity index (χ3v) is 7.32. The van der Waals surface area contributed by atoms with Gasteiger partial charge in [-0.15, -0.1) is 0 Å². The average Bonchev–Trinajstić information content (AvgIpc) is 3.25. The van der Waals surface area contributed by atoms with Crippen molar-refractivity contribution < 1.29 is 17.7 Å². The van der Waals surface area contributed by atoms with Crippen molar-refractivity contribution in [1.82, 2.24) is 14.4 Å². The maximum absolute atomic E-state index is 13.4. The lowest BCUT2D eigenvalue weighted by molar-refractivity contribution is 0.273. The topological polar surface area (TPSA) is 85.5 Å². The zero-order valence-electron chi connectivity index (χ0n) is 18.6. The maximum Gasteiger partial charge on any atom is 0.243 e. The van der Waals surface area contributed by atoms with Gasteiger partial charge in [-0.2, -0.15) is 9.29 Å². The molecule has 0 N–H and O–H groups in total. The summed E-state index contributed by atoms with van der Waals surface area (Å²) in [6, 6.07) is 14.1. The van der Waals surface area contributed by atoms with Gasteiger partial charge in [0, 0.05) is 11.6 Å². The van der Waals surface area contributed by atoms with Gasteiger partial charge < -0.3 is 9.26 Å². The van der Waals surface area contributed by atoms with E-state index in [2.05, 4.69) is 24.0 Å². The van der Waals surface area contributed by atoms with Crippen LogP contribution in [0.4, 0.5) is 0 Å². The molecule has 1 atom stereocenters. The van der Waals surface area contributed by atoms with Gasteiger partial charge in [-0.25, -0.2) is 8.42 Å². The SMILES string of the molecule is CCC(C)N(Cc1nc(-c2ccc(OC)cc2)no1)S(=O)(=O)c1ccc(C(C)C)cc1. The van der Waals surface area contributed by atoms with Crippen molar-refractivity contribution in [3.8, 4) is 17.1 Å². The smallest absolute Gasteiger partial charge is 0.243 e. The number of rotatable bonds is 9. The highest BCUT2D eigenvalue weighted by atomic mass is 32.2. The number of methoxy groups -OCH3 is 1. The summed E-state index contributed by atoms with van der Waals surface area (Å²) in [5.41, 5.74) is 1.85. The van der Waals surface area contributed by atoms with E-state index in [1.54, 1.807) is 19.2 Å². The van der Waals surface area contributed by atoms with Crippen LogP contribution in [0, 0.1) is 0 Å². The van der Waals surface area contributed by atoms with Crippen LogP contribution in [-0.4, -0.2) is 36.0 Å². The standard InChI is InChI=1S/C23H29N3O4S/c1-6-17(4)26(31(27,28)21-13-9-18(10-14-21)16(2)3)15-22-24-23(25-30-22)19-7-11-20(29-5)12-8-19/h7-14,16-17H,6,15H2,1-5H3. The lowest BCUT2D eigenvalue weighted by Gasteiger charge is -2.26. The van der Waals surface area contributed by atoms with Crippen molar-refractivity contribution in [2.24, 2.45) is 0 Å². The number of hydrogen-bond acceptors (Lipinski definition) is 6. The number of ether oxygens (including phenoxy) is 1. The fraction of sp³-hybridized carbons (Fsp3) is 0.391. The molecule has 1 aromatic heterocycles. The first-order chi connectivity index (χ1) is 14.8. The molecule has 166 valence electrons. The Morgan fingerprint density at radius 1 is 1.03 bits per heavy atom. The number of hydrogen-bond donors (Lipinski definition) is 0. The first-order valence-corrected chi connectivity index (χ1v) is 11.8. The summed E-state index contributed by atoms with van der Waals surface area (Å²) in [4.78, 5) is 4.67. The van der Waals surface area contributed by atoms with E-state index in [1.165, 1.54) is 4.31 Å². The van der Waals surface area contributed by atoms with Crippen LogP contribution >= 0.6 is 0 Å². The van der Waals surface area contributed by atoms with Gasteiger partial charge in [0.25, 0.3) is 0 Å². The molecule has 0 aliphatic rings. The third-order valence-electron chi connectivity index (χ3n) is 5.34. The van der Waals surface area contributed by atoms with E-state index in [4.69, 9.17) is 9.26 Å². The molecular weight excluding hydrogens is 414 g/mol. The van der Waals surface area contributed by atoms with Gasteiger partial charge in [0.2, 0.25) is 21.7 Å². The van der Waals surface area contributed by atoms with Gasteiger partial charge in [-0.1, -0.05) is 38.1 Å². The number of benzene rings is 2. The number of sulfonamides is 1. The Hall–Kier alpha value is -2.71. The van der Waals surface area contributed by atoms with Crippen LogP contribution in [-0.2, 0) is 16.6 Å². The predicted molar refractivity (Wildman–Crippen MR) is 119 cm³/mol. The molecule has 1 heterocycles. The molecule has 0 spiro atoms. The van der Waals surface area contributed by atoms with Gasteiger partial charge in [0.1, 0.15) is 5.75 Å². The summed E-state index contributed by atoms with van der Waals surface area (Å²) < 4.78 is 38.7. The largest absolute Gasteiger partial charge is 0.497 e. The molecule has 0 amide bonds. The summed E-state index contributed by atoms with van der Waals surface area (Å²) in [6.45, 7) is 7.98. The maximum atomic E-state index is 13.4. The molecule has 0 saturated carbocycles. The van der Waals surface area contributed by atoms with Crippen molar-refractivity contribution >= 4 is 10.0 Å². The van der Waals surface area contributed by atoms with Gasteiger partial charge in [0.05, 0.1) is 18.6 Å². The summed E-state index contributed by atoms with van der Waals surface area (Å²) >= 11 is 0.